The summed E-state index contributed by atoms with van der Waals surface area (Å²) in [6.45, 7) is 8.16. The molecular weight excluding hydrogens is 355 g/mol. The minimum atomic E-state index is -0.664. The molecule has 1 aliphatic rings. The van der Waals surface area contributed by atoms with Gasteiger partial charge in [0.1, 0.15) is 11.6 Å². The van der Waals surface area contributed by atoms with E-state index >= 15 is 0 Å². The van der Waals surface area contributed by atoms with Crippen LogP contribution in [-0.4, -0.2) is 25.1 Å². The standard InChI is InChI=1S/C23H29FN2O2/c1-16-12-14-26(15-13-16)21-8-4-19(5-9-21)17(2)25-23(27)18(3)28-22-10-6-20(24)7-11-22/h4-11,16-18H,12-15H2,1-3H3,(H,25,27)/t17-,18+/m0/s1. The number of nitrogens with one attached hydrogen (secondary N) is 1. The summed E-state index contributed by atoms with van der Waals surface area (Å²) in [5.41, 5.74) is 2.29. The average molecular weight is 384 g/mol. The van der Waals surface area contributed by atoms with Crippen molar-refractivity contribution >= 4 is 11.6 Å². The van der Waals surface area contributed by atoms with Crippen molar-refractivity contribution in [1.29, 1.82) is 0 Å². The van der Waals surface area contributed by atoms with Gasteiger partial charge in [0, 0.05) is 18.8 Å². The molecule has 0 radical (unpaired) electrons. The van der Waals surface area contributed by atoms with Crippen molar-refractivity contribution in [1.82, 2.24) is 5.32 Å². The second-order valence-corrected chi connectivity index (χ2v) is 7.71. The predicted molar refractivity (Wildman–Crippen MR) is 110 cm³/mol. The minimum absolute atomic E-state index is 0.123. The van der Waals surface area contributed by atoms with Gasteiger partial charge >= 0.3 is 0 Å². The van der Waals surface area contributed by atoms with Crippen molar-refractivity contribution in [2.75, 3.05) is 18.0 Å². The first-order chi connectivity index (χ1) is 13.4. The maximum atomic E-state index is 13.0. The Labute approximate surface area is 166 Å². The molecule has 1 aliphatic heterocycles. The zero-order valence-corrected chi connectivity index (χ0v) is 16.8. The van der Waals surface area contributed by atoms with E-state index in [-0.39, 0.29) is 17.8 Å². The van der Waals surface area contributed by atoms with E-state index in [2.05, 4.69) is 41.4 Å². The molecule has 28 heavy (non-hydrogen) atoms. The van der Waals surface area contributed by atoms with Crippen LogP contribution in [0.1, 0.15) is 45.2 Å². The third-order valence-corrected chi connectivity index (χ3v) is 5.40. The second kappa shape index (κ2) is 9.09. The van der Waals surface area contributed by atoms with Gasteiger partial charge in [0.2, 0.25) is 0 Å². The lowest BCUT2D eigenvalue weighted by atomic mass is 9.98. The van der Waals surface area contributed by atoms with Gasteiger partial charge in [-0.1, -0.05) is 19.1 Å². The van der Waals surface area contributed by atoms with E-state index in [9.17, 15) is 9.18 Å². The van der Waals surface area contributed by atoms with E-state index in [4.69, 9.17) is 4.74 Å². The molecule has 1 amide bonds. The number of benzene rings is 2. The molecule has 3 rings (SSSR count). The van der Waals surface area contributed by atoms with Crippen molar-refractivity contribution in [3.63, 3.8) is 0 Å². The van der Waals surface area contributed by atoms with Crippen LogP contribution < -0.4 is 15.0 Å². The van der Waals surface area contributed by atoms with Crippen molar-refractivity contribution in [3.8, 4) is 5.75 Å². The highest BCUT2D eigenvalue weighted by molar-refractivity contribution is 5.81. The van der Waals surface area contributed by atoms with Gasteiger partial charge in [0.15, 0.2) is 6.10 Å². The van der Waals surface area contributed by atoms with Gasteiger partial charge in [-0.05, 0) is 74.6 Å². The highest BCUT2D eigenvalue weighted by Crippen LogP contribution is 2.24. The van der Waals surface area contributed by atoms with Crippen LogP contribution in [0, 0.1) is 11.7 Å². The molecule has 2 aromatic rings. The van der Waals surface area contributed by atoms with E-state index in [1.807, 2.05) is 6.92 Å². The number of halogens is 1. The molecule has 0 spiro atoms. The summed E-state index contributed by atoms with van der Waals surface area (Å²) in [4.78, 5) is 14.8. The highest BCUT2D eigenvalue weighted by atomic mass is 19.1. The third kappa shape index (κ3) is 5.24. The van der Waals surface area contributed by atoms with Crippen molar-refractivity contribution in [2.45, 2.75) is 45.8 Å². The van der Waals surface area contributed by atoms with Gasteiger partial charge < -0.3 is 15.0 Å². The lowest BCUT2D eigenvalue weighted by molar-refractivity contribution is -0.127. The van der Waals surface area contributed by atoms with Crippen LogP contribution in [0.2, 0.25) is 0 Å². The molecule has 0 saturated carbocycles. The molecule has 0 unspecified atom stereocenters. The van der Waals surface area contributed by atoms with Crippen molar-refractivity contribution in [3.05, 3.63) is 59.9 Å². The highest BCUT2D eigenvalue weighted by Gasteiger charge is 2.19. The molecular formula is C23H29FN2O2. The Hall–Kier alpha value is -2.56. The van der Waals surface area contributed by atoms with Crippen LogP contribution in [0.4, 0.5) is 10.1 Å². The number of carbonyl (C=O) groups excluding carboxylic acids is 1. The summed E-state index contributed by atoms with van der Waals surface area (Å²) in [5, 5.41) is 2.98. The predicted octanol–water partition coefficient (Wildman–Crippen LogP) is 4.71. The smallest absolute Gasteiger partial charge is 0.261 e. The zero-order valence-electron chi connectivity index (χ0n) is 16.8. The van der Waals surface area contributed by atoms with E-state index < -0.39 is 6.10 Å². The van der Waals surface area contributed by atoms with Crippen LogP contribution >= 0.6 is 0 Å². The van der Waals surface area contributed by atoms with Crippen LogP contribution in [0.25, 0.3) is 0 Å². The van der Waals surface area contributed by atoms with E-state index in [1.54, 1.807) is 6.92 Å². The number of carbonyl (C=O) groups is 1. The summed E-state index contributed by atoms with van der Waals surface area (Å²) in [5.74, 6) is 0.744. The molecule has 0 aliphatic carbocycles. The Morgan fingerprint density at radius 1 is 1.07 bits per heavy atom. The second-order valence-electron chi connectivity index (χ2n) is 7.71. The molecule has 2 aromatic carbocycles. The summed E-state index contributed by atoms with van der Waals surface area (Å²) >= 11 is 0. The first-order valence-electron chi connectivity index (χ1n) is 10.00. The Kier molecular flexibility index (Phi) is 6.55. The number of hydrogen-bond donors (Lipinski definition) is 1. The third-order valence-electron chi connectivity index (χ3n) is 5.40. The fraction of sp³-hybridized carbons (Fsp3) is 0.435. The van der Waals surface area contributed by atoms with E-state index in [0.29, 0.717) is 5.75 Å². The monoisotopic (exact) mass is 384 g/mol. The van der Waals surface area contributed by atoms with Gasteiger partial charge in [0.25, 0.3) is 5.91 Å². The zero-order chi connectivity index (χ0) is 20.1. The molecule has 150 valence electrons. The lowest BCUT2D eigenvalue weighted by Crippen LogP contribution is -2.37. The molecule has 2 atom stereocenters. The Balaban J connectivity index is 1.53. The van der Waals surface area contributed by atoms with Crippen LogP contribution in [-0.2, 0) is 4.79 Å². The fourth-order valence-corrected chi connectivity index (χ4v) is 3.43. The number of nitrogens with zero attached hydrogens (tertiary/aromatic N) is 1. The summed E-state index contributed by atoms with van der Waals surface area (Å²) in [6, 6.07) is 13.9. The van der Waals surface area contributed by atoms with E-state index in [1.165, 1.54) is 42.8 Å². The number of amides is 1. The summed E-state index contributed by atoms with van der Waals surface area (Å²) in [7, 11) is 0. The lowest BCUT2D eigenvalue weighted by Gasteiger charge is -2.32. The number of anilines is 1. The maximum absolute atomic E-state index is 13.0. The van der Waals surface area contributed by atoms with Gasteiger partial charge in [-0.3, -0.25) is 4.79 Å². The number of rotatable bonds is 6. The molecule has 1 fully saturated rings. The first-order valence-corrected chi connectivity index (χ1v) is 10.00. The summed E-state index contributed by atoms with van der Waals surface area (Å²) in [6.07, 6.45) is 1.81. The Bertz CT molecular complexity index is 768. The molecule has 5 heteroatoms. The number of hydrogen-bond acceptors (Lipinski definition) is 3. The molecule has 1 saturated heterocycles. The molecule has 4 nitrogen and oxygen atoms in total. The SMILES string of the molecule is CC1CCN(c2ccc([C@H](C)NC(=O)[C@@H](C)Oc3ccc(F)cc3)cc2)CC1. The summed E-state index contributed by atoms with van der Waals surface area (Å²) < 4.78 is 18.6. The van der Waals surface area contributed by atoms with E-state index in [0.717, 1.165) is 24.6 Å². The molecule has 1 N–H and O–H groups in total. The fourth-order valence-electron chi connectivity index (χ4n) is 3.43. The van der Waals surface area contributed by atoms with Crippen molar-refractivity contribution in [2.24, 2.45) is 5.92 Å². The van der Waals surface area contributed by atoms with Gasteiger partial charge in [-0.25, -0.2) is 4.39 Å². The molecule has 1 heterocycles. The normalized spacial score (nSPS) is 17.1. The number of ether oxygens (including phenoxy) is 1. The number of piperidine rings is 1. The Morgan fingerprint density at radius 3 is 2.29 bits per heavy atom. The maximum Gasteiger partial charge on any atom is 0.261 e. The largest absolute Gasteiger partial charge is 0.481 e. The molecule has 0 aromatic heterocycles. The van der Waals surface area contributed by atoms with Crippen LogP contribution in [0.5, 0.6) is 5.75 Å². The minimum Gasteiger partial charge on any atom is -0.481 e. The van der Waals surface area contributed by atoms with Crippen LogP contribution in [0.3, 0.4) is 0 Å². The van der Waals surface area contributed by atoms with Crippen LogP contribution in [0.15, 0.2) is 48.5 Å². The first kappa shape index (κ1) is 20.2. The van der Waals surface area contributed by atoms with Crippen molar-refractivity contribution < 1.29 is 13.9 Å². The van der Waals surface area contributed by atoms with Gasteiger partial charge in [0.05, 0.1) is 6.04 Å². The van der Waals surface area contributed by atoms with Gasteiger partial charge in [-0.2, -0.15) is 0 Å². The van der Waals surface area contributed by atoms with Gasteiger partial charge in [-0.15, -0.1) is 0 Å². The average Bonchev–Trinajstić information content (AvgIpc) is 2.70. The Morgan fingerprint density at radius 2 is 1.68 bits per heavy atom. The quantitative estimate of drug-likeness (QED) is 0.784. The molecule has 0 bridgehead atoms. The topological polar surface area (TPSA) is 41.6 Å².